The Hall–Kier alpha value is -1.60. The number of hydrogen-bond acceptors (Lipinski definition) is 5. The third-order valence-corrected chi connectivity index (χ3v) is 5.99. The number of hydrogen-bond donors (Lipinski definition) is 0. The molecule has 2 heterocycles. The normalized spacial score (nSPS) is 17.4. The van der Waals surface area contributed by atoms with E-state index in [0.717, 1.165) is 11.0 Å². The smallest absolute Gasteiger partial charge is 0.337 e. The highest BCUT2D eigenvalue weighted by atomic mass is 35.5. The number of fused-ring (bicyclic) bond motifs is 1. The summed E-state index contributed by atoms with van der Waals surface area (Å²) in [5.74, 6) is 0.903. The summed E-state index contributed by atoms with van der Waals surface area (Å²) >= 11 is 5.94. The van der Waals surface area contributed by atoms with Crippen LogP contribution in [0.15, 0.2) is 18.2 Å². The molecule has 8 heteroatoms. The minimum atomic E-state index is -2.87. The number of nitrogens with zero attached hydrogens (tertiary/aromatic N) is 2. The summed E-state index contributed by atoms with van der Waals surface area (Å²) in [7, 11) is -1.55. The van der Waals surface area contributed by atoms with Crippen LogP contribution in [0.1, 0.15) is 16.2 Å². The van der Waals surface area contributed by atoms with E-state index >= 15 is 0 Å². The number of carbonyl (C=O) groups is 1. The third kappa shape index (κ3) is 2.70. The molecule has 0 unspecified atom stereocenters. The maximum absolute atomic E-state index is 11.7. The summed E-state index contributed by atoms with van der Waals surface area (Å²) in [6.07, 6.45) is 0. The van der Waals surface area contributed by atoms with Crippen molar-refractivity contribution in [3.63, 3.8) is 0 Å². The Balaban J connectivity index is 2.00. The number of esters is 1. The molecule has 0 spiro atoms. The molecule has 0 bridgehead atoms. The van der Waals surface area contributed by atoms with Crippen LogP contribution < -0.4 is 0 Å². The van der Waals surface area contributed by atoms with Crippen LogP contribution in [0.5, 0.6) is 0 Å². The molecule has 3 rings (SSSR count). The third-order valence-electron chi connectivity index (χ3n) is 3.79. The van der Waals surface area contributed by atoms with Crippen LogP contribution in [0.25, 0.3) is 11.0 Å². The van der Waals surface area contributed by atoms with Gasteiger partial charge in [0.15, 0.2) is 9.84 Å². The number of carbonyl (C=O) groups excluding carboxylic acids is 1. The Kier molecular flexibility index (Phi) is 3.86. The molecule has 0 atom stereocenters. The van der Waals surface area contributed by atoms with Gasteiger partial charge >= 0.3 is 5.97 Å². The molecule has 118 valence electrons. The minimum Gasteiger partial charge on any atom is -0.465 e. The molecule has 1 aliphatic rings. The molecule has 0 radical (unpaired) electrons. The van der Waals surface area contributed by atoms with Gasteiger partial charge in [0.2, 0.25) is 0 Å². The Bertz CT molecular complexity index is 832. The lowest BCUT2D eigenvalue weighted by molar-refractivity contribution is 0.0601. The number of sulfone groups is 1. The average molecular weight is 343 g/mol. The first-order chi connectivity index (χ1) is 10.4. The molecule has 1 fully saturated rings. The van der Waals surface area contributed by atoms with Gasteiger partial charge in [-0.1, -0.05) is 0 Å². The van der Waals surface area contributed by atoms with Crippen molar-refractivity contribution >= 4 is 38.4 Å². The van der Waals surface area contributed by atoms with E-state index in [0.29, 0.717) is 17.9 Å². The Morgan fingerprint density at radius 3 is 2.77 bits per heavy atom. The van der Waals surface area contributed by atoms with Gasteiger partial charge in [0.05, 0.1) is 41.1 Å². The van der Waals surface area contributed by atoms with Crippen molar-refractivity contribution in [1.29, 1.82) is 0 Å². The van der Waals surface area contributed by atoms with E-state index in [1.807, 2.05) is 4.57 Å². The van der Waals surface area contributed by atoms with Crippen LogP contribution in [0.4, 0.5) is 0 Å². The maximum Gasteiger partial charge on any atom is 0.337 e. The molecular formula is C14H15ClN2O4S. The minimum absolute atomic E-state index is 0.0612. The van der Waals surface area contributed by atoms with Gasteiger partial charge in [0, 0.05) is 12.5 Å². The number of rotatable bonds is 4. The second-order valence-electron chi connectivity index (χ2n) is 5.41. The Labute approximate surface area is 133 Å². The predicted molar refractivity (Wildman–Crippen MR) is 82.8 cm³/mol. The van der Waals surface area contributed by atoms with Crippen molar-refractivity contribution in [2.75, 3.05) is 18.6 Å². The van der Waals surface area contributed by atoms with Crippen LogP contribution in [-0.4, -0.2) is 42.6 Å². The first kappa shape index (κ1) is 15.3. The summed E-state index contributed by atoms with van der Waals surface area (Å²) in [6, 6.07) is 5.10. The topological polar surface area (TPSA) is 78.3 Å². The van der Waals surface area contributed by atoms with Gasteiger partial charge in [0.1, 0.15) is 5.82 Å². The average Bonchev–Trinajstić information content (AvgIpc) is 2.81. The number of imidazole rings is 1. The number of benzene rings is 1. The second kappa shape index (κ2) is 5.55. The first-order valence-electron chi connectivity index (χ1n) is 6.77. The zero-order valence-electron chi connectivity index (χ0n) is 12.0. The van der Waals surface area contributed by atoms with Gasteiger partial charge in [-0.15, -0.1) is 11.6 Å². The summed E-state index contributed by atoms with van der Waals surface area (Å²) in [5.41, 5.74) is 1.92. The van der Waals surface area contributed by atoms with E-state index in [2.05, 4.69) is 4.98 Å². The zero-order valence-corrected chi connectivity index (χ0v) is 13.5. The summed E-state index contributed by atoms with van der Waals surface area (Å²) < 4.78 is 29.2. The van der Waals surface area contributed by atoms with Crippen molar-refractivity contribution in [2.24, 2.45) is 5.92 Å². The highest BCUT2D eigenvalue weighted by Gasteiger charge is 2.34. The summed E-state index contributed by atoms with van der Waals surface area (Å²) in [5, 5.41) is 0. The highest BCUT2D eigenvalue weighted by molar-refractivity contribution is 7.92. The number of ether oxygens (including phenoxy) is 1. The van der Waals surface area contributed by atoms with Crippen LogP contribution in [0.3, 0.4) is 0 Å². The van der Waals surface area contributed by atoms with Gasteiger partial charge in [-0.2, -0.15) is 0 Å². The highest BCUT2D eigenvalue weighted by Crippen LogP contribution is 2.25. The molecule has 0 aliphatic carbocycles. The Morgan fingerprint density at radius 1 is 1.45 bits per heavy atom. The molecule has 2 aromatic rings. The van der Waals surface area contributed by atoms with E-state index < -0.39 is 15.8 Å². The second-order valence-corrected chi connectivity index (χ2v) is 7.83. The molecule has 0 saturated carbocycles. The lowest BCUT2D eigenvalue weighted by Gasteiger charge is -2.26. The van der Waals surface area contributed by atoms with Gasteiger partial charge in [0.25, 0.3) is 0 Å². The van der Waals surface area contributed by atoms with Gasteiger partial charge in [-0.3, -0.25) is 0 Å². The van der Waals surface area contributed by atoms with Crippen molar-refractivity contribution in [2.45, 2.75) is 12.4 Å². The molecule has 22 heavy (non-hydrogen) atoms. The van der Waals surface area contributed by atoms with Crippen LogP contribution in [-0.2, 0) is 27.0 Å². The zero-order chi connectivity index (χ0) is 15.9. The van der Waals surface area contributed by atoms with E-state index in [1.54, 1.807) is 18.2 Å². The molecule has 1 aromatic heterocycles. The molecule has 0 N–H and O–H groups in total. The van der Waals surface area contributed by atoms with E-state index in [4.69, 9.17) is 16.3 Å². The SMILES string of the molecule is COC(=O)c1ccc2nc(CCl)n(CC3CS(=O)(=O)C3)c2c1. The number of alkyl halides is 1. The predicted octanol–water partition coefficient (Wildman–Crippen LogP) is 1.61. The van der Waals surface area contributed by atoms with Gasteiger partial charge in [-0.05, 0) is 18.2 Å². The molecule has 1 saturated heterocycles. The van der Waals surface area contributed by atoms with Gasteiger partial charge < -0.3 is 9.30 Å². The maximum atomic E-state index is 11.7. The van der Waals surface area contributed by atoms with Crippen LogP contribution in [0.2, 0.25) is 0 Å². The molecular weight excluding hydrogens is 328 g/mol. The molecule has 6 nitrogen and oxygen atoms in total. The molecule has 1 aliphatic heterocycles. The van der Waals surface area contributed by atoms with Crippen LogP contribution >= 0.6 is 11.6 Å². The standard InChI is InChI=1S/C14H15ClN2O4S/c1-21-14(18)10-2-3-11-12(4-10)17(13(5-15)16-11)6-9-7-22(19,20)8-9/h2-4,9H,5-8H2,1H3. The summed E-state index contributed by atoms with van der Waals surface area (Å²) in [6.45, 7) is 0.530. The lowest BCUT2D eigenvalue weighted by atomic mass is 10.1. The molecule has 1 aromatic carbocycles. The number of aromatic nitrogens is 2. The molecule has 0 amide bonds. The summed E-state index contributed by atoms with van der Waals surface area (Å²) in [4.78, 5) is 16.1. The quantitative estimate of drug-likeness (QED) is 0.623. The van der Waals surface area contributed by atoms with Crippen molar-refractivity contribution in [3.8, 4) is 0 Å². The number of methoxy groups -OCH3 is 1. The largest absolute Gasteiger partial charge is 0.465 e. The fourth-order valence-electron chi connectivity index (χ4n) is 2.76. The lowest BCUT2D eigenvalue weighted by Crippen LogP contribution is -2.39. The van der Waals surface area contributed by atoms with E-state index in [1.165, 1.54) is 7.11 Å². The van der Waals surface area contributed by atoms with E-state index in [9.17, 15) is 13.2 Å². The Morgan fingerprint density at radius 2 is 2.18 bits per heavy atom. The fraction of sp³-hybridized carbons (Fsp3) is 0.429. The van der Waals surface area contributed by atoms with Gasteiger partial charge in [-0.25, -0.2) is 18.2 Å². The monoisotopic (exact) mass is 342 g/mol. The van der Waals surface area contributed by atoms with Crippen molar-refractivity contribution in [1.82, 2.24) is 9.55 Å². The van der Waals surface area contributed by atoms with Crippen molar-refractivity contribution in [3.05, 3.63) is 29.6 Å². The van der Waals surface area contributed by atoms with E-state index in [-0.39, 0.29) is 23.3 Å². The van der Waals surface area contributed by atoms with Crippen molar-refractivity contribution < 1.29 is 17.9 Å². The van der Waals surface area contributed by atoms with Crippen LogP contribution in [0, 0.1) is 5.92 Å². The first-order valence-corrected chi connectivity index (χ1v) is 9.13. The number of halogens is 1. The fourth-order valence-corrected chi connectivity index (χ4v) is 4.51.